The van der Waals surface area contributed by atoms with Crippen molar-refractivity contribution in [2.75, 3.05) is 18.6 Å². The predicted molar refractivity (Wildman–Crippen MR) is 73.2 cm³/mol. The van der Waals surface area contributed by atoms with Gasteiger partial charge < -0.3 is 5.32 Å². The third kappa shape index (κ3) is 3.44. The van der Waals surface area contributed by atoms with Gasteiger partial charge in [0.05, 0.1) is 5.69 Å². The van der Waals surface area contributed by atoms with Gasteiger partial charge in [0.25, 0.3) is 5.91 Å². The summed E-state index contributed by atoms with van der Waals surface area (Å²) in [5.74, 6) is -0.278. The van der Waals surface area contributed by atoms with Crippen LogP contribution in [0.25, 0.3) is 0 Å². The predicted octanol–water partition coefficient (Wildman–Crippen LogP) is -0.957. The van der Waals surface area contributed by atoms with Gasteiger partial charge in [-0.05, 0) is 12.8 Å². The average Bonchev–Trinajstić information content (AvgIpc) is 3.05. The van der Waals surface area contributed by atoms with Gasteiger partial charge in [0.2, 0.25) is 10.0 Å². The van der Waals surface area contributed by atoms with Gasteiger partial charge in [-0.2, -0.15) is 5.10 Å². The molecule has 1 atom stereocenters. The summed E-state index contributed by atoms with van der Waals surface area (Å²) in [6.45, 7) is 0.178. The Labute approximate surface area is 119 Å². The van der Waals surface area contributed by atoms with Crippen LogP contribution in [-0.2, 0) is 20.8 Å². The molecule has 1 unspecified atom stereocenters. The van der Waals surface area contributed by atoms with Crippen molar-refractivity contribution in [2.24, 2.45) is 5.14 Å². The van der Waals surface area contributed by atoms with Crippen LogP contribution in [0.15, 0.2) is 4.90 Å². The minimum atomic E-state index is -4.03. The minimum absolute atomic E-state index is 0.0699. The van der Waals surface area contributed by atoms with Crippen molar-refractivity contribution in [3.63, 3.8) is 0 Å². The molecule has 1 aromatic rings. The summed E-state index contributed by atoms with van der Waals surface area (Å²) >= 11 is 0. The molecule has 2 rings (SSSR count). The number of hydrogen-bond donors (Lipinski definition) is 3. The van der Waals surface area contributed by atoms with Gasteiger partial charge in [0, 0.05) is 35.3 Å². The number of aromatic amines is 1. The number of primary sulfonamides is 1. The molecule has 4 N–H and O–H groups in total. The van der Waals surface area contributed by atoms with Gasteiger partial charge in [-0.3, -0.25) is 14.1 Å². The number of carbonyl (C=O) groups excluding carboxylic acids is 1. The summed E-state index contributed by atoms with van der Waals surface area (Å²) in [7, 11) is -5.07. The lowest BCUT2D eigenvalue weighted by Gasteiger charge is -2.04. The molecule has 8 nitrogen and oxygen atoms in total. The van der Waals surface area contributed by atoms with E-state index < -0.39 is 26.7 Å². The number of nitrogens with one attached hydrogen (secondary N) is 2. The fraction of sp³-hybridized carbons (Fsp3) is 0.600. The van der Waals surface area contributed by atoms with Crippen molar-refractivity contribution in [3.05, 3.63) is 11.4 Å². The van der Waals surface area contributed by atoms with Crippen LogP contribution in [0.3, 0.4) is 0 Å². The molecule has 1 saturated carbocycles. The average molecular weight is 320 g/mol. The van der Waals surface area contributed by atoms with Crippen molar-refractivity contribution in [1.82, 2.24) is 15.5 Å². The van der Waals surface area contributed by atoms with Crippen molar-refractivity contribution in [1.29, 1.82) is 0 Å². The first kappa shape index (κ1) is 15.1. The smallest absolute Gasteiger partial charge is 0.273 e. The number of nitrogens with two attached hydrogens (primary N) is 1. The van der Waals surface area contributed by atoms with Crippen molar-refractivity contribution >= 4 is 26.7 Å². The zero-order valence-electron chi connectivity index (χ0n) is 10.9. The molecule has 112 valence electrons. The second-order valence-electron chi connectivity index (χ2n) is 4.67. The molecule has 1 aromatic heterocycles. The highest BCUT2D eigenvalue weighted by atomic mass is 32.2. The summed E-state index contributed by atoms with van der Waals surface area (Å²) in [5.41, 5.74) is 0.174. The molecule has 1 aliphatic carbocycles. The third-order valence-corrected chi connectivity index (χ3v) is 4.67. The normalized spacial score (nSPS) is 16.9. The summed E-state index contributed by atoms with van der Waals surface area (Å²) in [6.07, 6.45) is 3.21. The van der Waals surface area contributed by atoms with Crippen LogP contribution >= 0.6 is 0 Å². The van der Waals surface area contributed by atoms with Crippen LogP contribution in [0.5, 0.6) is 0 Å². The number of hydrogen-bond acceptors (Lipinski definition) is 5. The Hall–Kier alpha value is -1.26. The fourth-order valence-corrected chi connectivity index (χ4v) is 3.14. The molecule has 1 aliphatic rings. The van der Waals surface area contributed by atoms with Crippen LogP contribution in [0.1, 0.15) is 34.9 Å². The summed E-state index contributed by atoms with van der Waals surface area (Å²) in [4.78, 5) is 11.7. The maximum Gasteiger partial charge on any atom is 0.273 e. The van der Waals surface area contributed by atoms with Crippen LogP contribution in [0.2, 0.25) is 0 Å². The van der Waals surface area contributed by atoms with Crippen molar-refractivity contribution < 1.29 is 17.4 Å². The minimum Gasteiger partial charge on any atom is -0.350 e. The molecule has 20 heavy (non-hydrogen) atoms. The highest BCUT2D eigenvalue weighted by Crippen LogP contribution is 2.42. The SMILES string of the molecule is CS(=O)CCNC(=O)c1n[nH]c(C2CC2)c1S(N)(=O)=O. The molecule has 1 fully saturated rings. The largest absolute Gasteiger partial charge is 0.350 e. The highest BCUT2D eigenvalue weighted by Gasteiger charge is 2.35. The maximum absolute atomic E-state index is 11.9. The number of nitrogens with zero attached hydrogens (tertiary/aromatic N) is 1. The number of H-pyrrole nitrogens is 1. The standard InChI is InChI=1S/C10H16N4O4S2/c1-19(16)5-4-12-10(15)8-9(20(11,17)18)7(13-14-8)6-2-3-6/h6H,2-5H2,1H3,(H,12,15)(H,13,14)(H2,11,17,18). The van der Waals surface area contributed by atoms with Gasteiger partial charge in [-0.25, -0.2) is 13.6 Å². The molecule has 10 heteroatoms. The van der Waals surface area contributed by atoms with E-state index in [-0.39, 0.29) is 28.8 Å². The third-order valence-electron chi connectivity index (χ3n) is 2.91. The van der Waals surface area contributed by atoms with E-state index in [1.54, 1.807) is 0 Å². The molecule has 1 amide bonds. The number of amides is 1. The Morgan fingerprint density at radius 2 is 2.20 bits per heavy atom. The second kappa shape index (κ2) is 5.62. The second-order valence-corrected chi connectivity index (χ2v) is 7.72. The van der Waals surface area contributed by atoms with Crippen LogP contribution in [0, 0.1) is 0 Å². The van der Waals surface area contributed by atoms with Gasteiger partial charge in [0.1, 0.15) is 4.90 Å². The first-order valence-corrected chi connectivity index (χ1v) is 9.27. The molecule has 0 saturated heterocycles. The van der Waals surface area contributed by atoms with Crippen LogP contribution in [-0.4, -0.2) is 47.3 Å². The molecule has 0 aliphatic heterocycles. The molecule has 0 radical (unpaired) electrons. The van der Waals surface area contributed by atoms with Crippen LogP contribution in [0.4, 0.5) is 0 Å². The van der Waals surface area contributed by atoms with Crippen molar-refractivity contribution in [2.45, 2.75) is 23.7 Å². The highest BCUT2D eigenvalue weighted by molar-refractivity contribution is 7.89. The van der Waals surface area contributed by atoms with E-state index in [4.69, 9.17) is 5.14 Å². The summed E-state index contributed by atoms with van der Waals surface area (Å²) in [6, 6.07) is 0. The number of sulfonamides is 1. The Morgan fingerprint density at radius 3 is 2.70 bits per heavy atom. The molecule has 1 heterocycles. The lowest BCUT2D eigenvalue weighted by Crippen LogP contribution is -2.30. The zero-order valence-corrected chi connectivity index (χ0v) is 12.5. The fourth-order valence-electron chi connectivity index (χ4n) is 1.83. The Morgan fingerprint density at radius 1 is 1.55 bits per heavy atom. The lowest BCUT2D eigenvalue weighted by molar-refractivity contribution is 0.0948. The van der Waals surface area contributed by atoms with Gasteiger partial charge in [0.15, 0.2) is 5.69 Å². The topological polar surface area (TPSA) is 135 Å². The Kier molecular flexibility index (Phi) is 4.25. The molecular weight excluding hydrogens is 304 g/mol. The van der Waals surface area contributed by atoms with E-state index in [0.29, 0.717) is 5.69 Å². The van der Waals surface area contributed by atoms with Gasteiger partial charge >= 0.3 is 0 Å². The number of rotatable bonds is 6. The van der Waals surface area contributed by atoms with E-state index in [1.165, 1.54) is 6.26 Å². The summed E-state index contributed by atoms with van der Waals surface area (Å²) < 4.78 is 34.2. The number of aromatic nitrogens is 2. The van der Waals surface area contributed by atoms with Crippen molar-refractivity contribution in [3.8, 4) is 0 Å². The first-order valence-electron chi connectivity index (χ1n) is 6.00. The van der Waals surface area contributed by atoms with Gasteiger partial charge in [-0.15, -0.1) is 0 Å². The van der Waals surface area contributed by atoms with E-state index in [0.717, 1.165) is 12.8 Å². The Balaban J connectivity index is 2.23. The summed E-state index contributed by atoms with van der Waals surface area (Å²) in [5, 5.41) is 14.0. The molecule has 0 aromatic carbocycles. The first-order chi connectivity index (χ1) is 9.30. The Bertz CT molecular complexity index is 648. The van der Waals surface area contributed by atoms with E-state index >= 15 is 0 Å². The molecule has 0 spiro atoms. The maximum atomic E-state index is 11.9. The van der Waals surface area contributed by atoms with Gasteiger partial charge in [-0.1, -0.05) is 0 Å². The van der Waals surface area contributed by atoms with Crippen LogP contribution < -0.4 is 10.5 Å². The zero-order chi connectivity index (χ0) is 14.9. The number of carbonyl (C=O) groups is 1. The van der Waals surface area contributed by atoms with E-state index in [1.807, 2.05) is 0 Å². The monoisotopic (exact) mass is 320 g/mol. The lowest BCUT2D eigenvalue weighted by atomic mass is 10.2. The molecule has 0 bridgehead atoms. The molecular formula is C10H16N4O4S2. The van der Waals surface area contributed by atoms with E-state index in [2.05, 4.69) is 15.5 Å². The van der Waals surface area contributed by atoms with E-state index in [9.17, 15) is 17.4 Å². The quantitative estimate of drug-likeness (QED) is 0.620.